The fraction of sp³-hybridized carbons (Fsp3) is 0.619. The third-order valence-electron chi connectivity index (χ3n) is 5.89. The highest BCUT2D eigenvalue weighted by Crippen LogP contribution is 2.41. The second kappa shape index (κ2) is 8.67. The van der Waals surface area contributed by atoms with Crippen LogP contribution >= 0.6 is 0 Å². The Balaban J connectivity index is 1.60. The van der Waals surface area contributed by atoms with Crippen LogP contribution < -0.4 is 5.32 Å². The van der Waals surface area contributed by atoms with E-state index in [0.717, 1.165) is 44.1 Å². The van der Waals surface area contributed by atoms with Crippen LogP contribution in [0, 0.1) is 0 Å². The molecule has 2 aliphatic rings. The van der Waals surface area contributed by atoms with Crippen LogP contribution in [0.5, 0.6) is 0 Å². The van der Waals surface area contributed by atoms with E-state index in [4.69, 9.17) is 4.74 Å². The molecule has 3 rings (SSSR count). The molecule has 1 aliphatic carbocycles. The van der Waals surface area contributed by atoms with E-state index >= 15 is 0 Å². The van der Waals surface area contributed by atoms with Crippen molar-refractivity contribution in [1.82, 2.24) is 10.2 Å². The Hall–Kier alpha value is -1.88. The summed E-state index contributed by atoms with van der Waals surface area (Å²) in [6.45, 7) is 4.09. The number of carbonyl (C=O) groups is 2. The minimum Gasteiger partial charge on any atom is -0.381 e. The lowest BCUT2D eigenvalue weighted by Crippen LogP contribution is -2.48. The molecular formula is C21H30N2O3. The van der Waals surface area contributed by atoms with Gasteiger partial charge in [-0.2, -0.15) is 0 Å². The van der Waals surface area contributed by atoms with E-state index in [2.05, 4.69) is 17.4 Å². The van der Waals surface area contributed by atoms with E-state index in [1.807, 2.05) is 23.1 Å². The largest absolute Gasteiger partial charge is 0.381 e. The van der Waals surface area contributed by atoms with Crippen molar-refractivity contribution in [3.63, 3.8) is 0 Å². The average molecular weight is 358 g/mol. The zero-order valence-corrected chi connectivity index (χ0v) is 15.7. The monoisotopic (exact) mass is 358 g/mol. The van der Waals surface area contributed by atoms with Gasteiger partial charge in [0.25, 0.3) is 0 Å². The van der Waals surface area contributed by atoms with Crippen molar-refractivity contribution in [2.24, 2.45) is 0 Å². The van der Waals surface area contributed by atoms with Crippen molar-refractivity contribution in [3.05, 3.63) is 35.9 Å². The minimum absolute atomic E-state index is 0.0739. The van der Waals surface area contributed by atoms with Gasteiger partial charge in [0.1, 0.15) is 0 Å². The number of benzene rings is 1. The van der Waals surface area contributed by atoms with Crippen molar-refractivity contribution in [2.75, 3.05) is 26.3 Å². The Labute approximate surface area is 156 Å². The van der Waals surface area contributed by atoms with Crippen molar-refractivity contribution in [3.8, 4) is 0 Å². The lowest BCUT2D eigenvalue weighted by molar-refractivity contribution is -0.134. The Morgan fingerprint density at radius 1 is 1.15 bits per heavy atom. The van der Waals surface area contributed by atoms with Crippen molar-refractivity contribution in [1.29, 1.82) is 0 Å². The highest BCUT2D eigenvalue weighted by Gasteiger charge is 2.42. The molecule has 5 nitrogen and oxygen atoms in total. The summed E-state index contributed by atoms with van der Waals surface area (Å²) in [7, 11) is 0. The van der Waals surface area contributed by atoms with Crippen molar-refractivity contribution >= 4 is 11.8 Å². The van der Waals surface area contributed by atoms with Gasteiger partial charge >= 0.3 is 0 Å². The van der Waals surface area contributed by atoms with Gasteiger partial charge < -0.3 is 15.0 Å². The van der Waals surface area contributed by atoms with E-state index in [1.54, 1.807) is 6.92 Å². The molecule has 0 aromatic heterocycles. The maximum absolute atomic E-state index is 13.1. The molecule has 1 N–H and O–H groups in total. The second-order valence-corrected chi connectivity index (χ2v) is 7.47. The quantitative estimate of drug-likeness (QED) is 0.850. The molecule has 1 aliphatic heterocycles. The summed E-state index contributed by atoms with van der Waals surface area (Å²) in [5.74, 6) is 0.182. The van der Waals surface area contributed by atoms with Gasteiger partial charge in [0, 0.05) is 39.3 Å². The average Bonchev–Trinajstić information content (AvgIpc) is 3.17. The third-order valence-corrected chi connectivity index (χ3v) is 5.89. The summed E-state index contributed by atoms with van der Waals surface area (Å²) < 4.78 is 5.39. The third kappa shape index (κ3) is 4.09. The number of rotatable bonds is 6. The van der Waals surface area contributed by atoms with Crippen molar-refractivity contribution < 1.29 is 14.3 Å². The lowest BCUT2D eigenvalue weighted by Gasteiger charge is -2.34. The molecule has 1 saturated heterocycles. The smallest absolute Gasteiger partial charge is 0.230 e. The van der Waals surface area contributed by atoms with Crippen LogP contribution in [0.1, 0.15) is 51.0 Å². The molecule has 1 heterocycles. The number of hydrogen-bond acceptors (Lipinski definition) is 3. The van der Waals surface area contributed by atoms with Crippen LogP contribution in [0.25, 0.3) is 0 Å². The molecule has 0 spiro atoms. The topological polar surface area (TPSA) is 58.6 Å². The first-order valence-corrected chi connectivity index (χ1v) is 9.82. The first kappa shape index (κ1) is 18.9. The molecule has 0 atom stereocenters. The van der Waals surface area contributed by atoms with E-state index < -0.39 is 5.41 Å². The molecule has 2 amide bonds. The molecule has 1 aromatic rings. The number of ether oxygens (including phenoxy) is 1. The Morgan fingerprint density at radius 2 is 1.81 bits per heavy atom. The minimum atomic E-state index is -0.402. The van der Waals surface area contributed by atoms with Crippen LogP contribution in [0.3, 0.4) is 0 Å². The van der Waals surface area contributed by atoms with Gasteiger partial charge in [0.15, 0.2) is 0 Å². The van der Waals surface area contributed by atoms with Gasteiger partial charge in [-0.1, -0.05) is 43.2 Å². The zero-order chi connectivity index (χ0) is 18.4. The molecule has 0 bridgehead atoms. The van der Waals surface area contributed by atoms with E-state index in [-0.39, 0.29) is 17.9 Å². The normalized spacial score (nSPS) is 19.9. The maximum Gasteiger partial charge on any atom is 0.230 e. The first-order valence-electron chi connectivity index (χ1n) is 9.82. The Bertz CT molecular complexity index is 605. The fourth-order valence-electron chi connectivity index (χ4n) is 4.44. The molecule has 5 heteroatoms. The summed E-state index contributed by atoms with van der Waals surface area (Å²) >= 11 is 0. The van der Waals surface area contributed by atoms with Gasteiger partial charge in [-0.05, 0) is 31.2 Å². The molecule has 1 saturated carbocycles. The van der Waals surface area contributed by atoms with Crippen LogP contribution in [0.4, 0.5) is 0 Å². The number of carbonyl (C=O) groups excluding carboxylic acids is 2. The molecular weight excluding hydrogens is 328 g/mol. The molecule has 26 heavy (non-hydrogen) atoms. The summed E-state index contributed by atoms with van der Waals surface area (Å²) in [5.41, 5.74) is 0.712. The molecule has 2 fully saturated rings. The standard InChI is InChI=1S/C21H30N2O3/c1-17(24)23(19-9-15-26-16-10-19)14-13-22-20(25)21(11-5-6-12-21)18-7-3-2-4-8-18/h2-4,7-8,19H,5-6,9-16H2,1H3,(H,22,25). The van der Waals surface area contributed by atoms with Crippen LogP contribution in [0.15, 0.2) is 30.3 Å². The van der Waals surface area contributed by atoms with Crippen LogP contribution in [-0.2, 0) is 19.7 Å². The highest BCUT2D eigenvalue weighted by atomic mass is 16.5. The summed E-state index contributed by atoms with van der Waals surface area (Å²) in [6, 6.07) is 10.4. The zero-order valence-electron chi connectivity index (χ0n) is 15.7. The molecule has 0 unspecified atom stereocenters. The first-order chi connectivity index (χ1) is 12.6. The fourth-order valence-corrected chi connectivity index (χ4v) is 4.44. The summed E-state index contributed by atoms with van der Waals surface area (Å²) in [6.07, 6.45) is 5.73. The van der Waals surface area contributed by atoms with E-state index in [9.17, 15) is 9.59 Å². The molecule has 0 radical (unpaired) electrons. The predicted octanol–water partition coefficient (Wildman–Crippen LogP) is 2.64. The van der Waals surface area contributed by atoms with Crippen LogP contribution in [0.2, 0.25) is 0 Å². The number of nitrogens with zero attached hydrogens (tertiary/aromatic N) is 1. The van der Waals surface area contributed by atoms with Gasteiger partial charge in [-0.15, -0.1) is 0 Å². The second-order valence-electron chi connectivity index (χ2n) is 7.47. The highest BCUT2D eigenvalue weighted by molar-refractivity contribution is 5.88. The number of amides is 2. The Morgan fingerprint density at radius 3 is 2.42 bits per heavy atom. The van der Waals surface area contributed by atoms with Gasteiger partial charge in [-0.3, -0.25) is 9.59 Å². The number of hydrogen-bond donors (Lipinski definition) is 1. The van der Waals surface area contributed by atoms with Gasteiger partial charge in [-0.25, -0.2) is 0 Å². The van der Waals surface area contributed by atoms with E-state index in [0.29, 0.717) is 26.3 Å². The van der Waals surface area contributed by atoms with Crippen LogP contribution in [-0.4, -0.2) is 49.1 Å². The van der Waals surface area contributed by atoms with Gasteiger partial charge in [0.05, 0.1) is 5.41 Å². The summed E-state index contributed by atoms with van der Waals surface area (Å²) in [4.78, 5) is 27.0. The summed E-state index contributed by atoms with van der Waals surface area (Å²) in [5, 5.41) is 3.12. The van der Waals surface area contributed by atoms with E-state index in [1.165, 1.54) is 0 Å². The SMILES string of the molecule is CC(=O)N(CCNC(=O)C1(c2ccccc2)CCCC1)C1CCOCC1. The predicted molar refractivity (Wildman–Crippen MR) is 101 cm³/mol. The number of nitrogens with one attached hydrogen (secondary N) is 1. The molecule has 1 aromatic carbocycles. The van der Waals surface area contributed by atoms with Crippen molar-refractivity contribution in [2.45, 2.75) is 56.9 Å². The lowest BCUT2D eigenvalue weighted by atomic mass is 9.78. The molecule has 142 valence electrons. The van der Waals surface area contributed by atoms with Gasteiger partial charge in [0.2, 0.25) is 11.8 Å². The Kier molecular flexibility index (Phi) is 6.30. The maximum atomic E-state index is 13.1.